The summed E-state index contributed by atoms with van der Waals surface area (Å²) in [5.41, 5.74) is 1.47. The van der Waals surface area contributed by atoms with Crippen LogP contribution in [0.3, 0.4) is 0 Å². The molecule has 0 N–H and O–H groups in total. The lowest BCUT2D eigenvalue weighted by Gasteiger charge is -2.37. The Kier molecular flexibility index (Phi) is 15.2. The molecule has 0 spiro atoms. The average Bonchev–Trinajstić information content (AvgIpc) is 3.18. The highest BCUT2D eigenvalue weighted by molar-refractivity contribution is 5.28. The Hall–Kier alpha value is -2.40. The van der Waals surface area contributed by atoms with Crippen molar-refractivity contribution in [2.45, 2.75) is 141 Å². The van der Waals surface area contributed by atoms with Gasteiger partial charge in [0.1, 0.15) is 23.3 Å². The molecule has 0 aliphatic heterocycles. The van der Waals surface area contributed by atoms with Crippen LogP contribution in [0.5, 0.6) is 0 Å². The lowest BCUT2D eigenvalue weighted by Crippen LogP contribution is -2.25. The van der Waals surface area contributed by atoms with E-state index in [1.54, 1.807) is 0 Å². The first kappa shape index (κ1) is 40.3. The van der Waals surface area contributed by atoms with Crippen LogP contribution in [0.2, 0.25) is 0 Å². The van der Waals surface area contributed by atoms with Crippen LogP contribution < -0.4 is 0 Å². The molecular weight excluding hydrogens is 669 g/mol. The largest absolute Gasteiger partial charge is 0.381 e. The van der Waals surface area contributed by atoms with Gasteiger partial charge in [-0.3, -0.25) is 0 Å². The third kappa shape index (κ3) is 11.3. The van der Waals surface area contributed by atoms with E-state index in [4.69, 9.17) is 4.74 Å². The number of benzene rings is 2. The van der Waals surface area contributed by atoms with Gasteiger partial charge in [-0.05, 0) is 185 Å². The highest BCUT2D eigenvalue weighted by atomic mass is 19.1. The Bertz CT molecular complexity index is 1300. The Labute approximate surface area is 318 Å². The van der Waals surface area contributed by atoms with E-state index >= 15 is 17.6 Å². The van der Waals surface area contributed by atoms with Gasteiger partial charge in [0.2, 0.25) is 0 Å². The van der Waals surface area contributed by atoms with E-state index in [9.17, 15) is 0 Å². The molecule has 0 aromatic heterocycles. The van der Waals surface area contributed by atoms with E-state index in [0.717, 1.165) is 36.5 Å². The van der Waals surface area contributed by atoms with Crippen molar-refractivity contribution in [2.75, 3.05) is 13.2 Å². The van der Waals surface area contributed by atoms with Crippen LogP contribution in [0.25, 0.3) is 0 Å². The second-order valence-corrected chi connectivity index (χ2v) is 17.6. The summed E-state index contributed by atoms with van der Waals surface area (Å²) >= 11 is 0. The molecule has 0 saturated heterocycles. The molecule has 53 heavy (non-hydrogen) atoms. The normalized spacial score (nSPS) is 29.5. The first-order chi connectivity index (χ1) is 25.8. The van der Waals surface area contributed by atoms with Crippen molar-refractivity contribution in [3.63, 3.8) is 0 Å². The van der Waals surface area contributed by atoms with Gasteiger partial charge in [0.15, 0.2) is 0 Å². The summed E-state index contributed by atoms with van der Waals surface area (Å²) in [5.74, 6) is 3.98. The van der Waals surface area contributed by atoms with Crippen molar-refractivity contribution < 1.29 is 22.3 Å². The molecule has 0 atom stereocenters. The molecule has 0 bridgehead atoms. The molecule has 0 amide bonds. The van der Waals surface area contributed by atoms with Gasteiger partial charge in [0.05, 0.1) is 13.2 Å². The molecule has 0 radical (unpaired) electrons. The standard InChI is InChI=1S/C48H66F4O/c1-3-33-9-17-39(18-10-33)41-21-13-35(14-22-41)5-7-37-29-45(49)43(46(50)30-37)25-27-53-28-26-44-47(51)31-38(32-48(44)52)8-6-36-15-23-42(24-16-36)40-19-11-34(4-2)12-20-40/h3-4,29-36,39-42H,1-2,5-28H2. The van der Waals surface area contributed by atoms with Crippen LogP contribution in [0.15, 0.2) is 49.6 Å². The summed E-state index contributed by atoms with van der Waals surface area (Å²) in [5, 5.41) is 0. The average molecular weight is 735 g/mol. The highest BCUT2D eigenvalue weighted by Gasteiger charge is 2.31. The molecule has 292 valence electrons. The van der Waals surface area contributed by atoms with E-state index in [2.05, 4.69) is 25.3 Å². The van der Waals surface area contributed by atoms with E-state index in [1.165, 1.54) is 127 Å². The molecular formula is C48H66F4O. The van der Waals surface area contributed by atoms with Gasteiger partial charge in [-0.15, -0.1) is 13.2 Å². The van der Waals surface area contributed by atoms with E-state index in [1.807, 2.05) is 0 Å². The summed E-state index contributed by atoms with van der Waals surface area (Å²) in [6, 6.07) is 5.93. The van der Waals surface area contributed by atoms with E-state index < -0.39 is 23.3 Å². The summed E-state index contributed by atoms with van der Waals surface area (Å²) in [7, 11) is 0. The zero-order valence-electron chi connectivity index (χ0n) is 32.4. The SMILES string of the molecule is C=CC1CCC(C2CCC(CCc3cc(F)c(CCOCCc4c(F)cc(CCC5CCC(C6CCC(C=C)CC6)CC5)cc4F)c(F)c3)CC2)CC1. The number of ether oxygens (including phenoxy) is 1. The van der Waals surface area contributed by atoms with Gasteiger partial charge in [0.25, 0.3) is 0 Å². The van der Waals surface area contributed by atoms with Crippen LogP contribution in [-0.2, 0) is 30.4 Å². The number of hydrogen-bond acceptors (Lipinski definition) is 1. The van der Waals surface area contributed by atoms with E-state index in [0.29, 0.717) is 47.6 Å². The Morgan fingerprint density at radius 1 is 0.453 bits per heavy atom. The smallest absolute Gasteiger partial charge is 0.129 e. The fourth-order valence-corrected chi connectivity index (χ4v) is 10.9. The topological polar surface area (TPSA) is 9.23 Å². The minimum absolute atomic E-state index is 0.0197. The van der Waals surface area contributed by atoms with Crippen LogP contribution in [-0.4, -0.2) is 13.2 Å². The predicted molar refractivity (Wildman–Crippen MR) is 210 cm³/mol. The fraction of sp³-hybridized carbons (Fsp3) is 0.667. The van der Waals surface area contributed by atoms with Gasteiger partial charge < -0.3 is 4.74 Å². The molecule has 5 heteroatoms. The van der Waals surface area contributed by atoms with Crippen molar-refractivity contribution in [3.05, 3.63) is 95.1 Å². The summed E-state index contributed by atoms with van der Waals surface area (Å²) < 4.78 is 65.6. The molecule has 4 aliphatic rings. The fourth-order valence-electron chi connectivity index (χ4n) is 10.9. The number of allylic oxidation sites excluding steroid dienone is 2. The second kappa shape index (κ2) is 20.0. The van der Waals surface area contributed by atoms with Crippen LogP contribution >= 0.6 is 0 Å². The molecule has 2 aromatic carbocycles. The summed E-state index contributed by atoms with van der Waals surface area (Å²) in [6.07, 6.45) is 28.4. The minimum Gasteiger partial charge on any atom is -0.381 e. The molecule has 6 rings (SSSR count). The van der Waals surface area contributed by atoms with Crippen molar-refractivity contribution in [3.8, 4) is 0 Å². The molecule has 0 heterocycles. The van der Waals surface area contributed by atoms with Crippen molar-refractivity contribution in [2.24, 2.45) is 47.3 Å². The Balaban J connectivity index is 0.862. The van der Waals surface area contributed by atoms with Gasteiger partial charge in [0, 0.05) is 24.0 Å². The van der Waals surface area contributed by atoms with Crippen molar-refractivity contribution >= 4 is 0 Å². The molecule has 2 aromatic rings. The Morgan fingerprint density at radius 3 is 1.06 bits per heavy atom. The zero-order chi connectivity index (χ0) is 37.2. The Morgan fingerprint density at radius 2 is 0.755 bits per heavy atom. The minimum atomic E-state index is -0.533. The highest BCUT2D eigenvalue weighted by Crippen LogP contribution is 2.44. The first-order valence-electron chi connectivity index (χ1n) is 21.6. The maximum Gasteiger partial charge on any atom is 0.129 e. The maximum absolute atomic E-state index is 15.0. The molecule has 4 saturated carbocycles. The quantitative estimate of drug-likeness (QED) is 0.0948. The van der Waals surface area contributed by atoms with Crippen LogP contribution in [0.4, 0.5) is 17.6 Å². The lowest BCUT2D eigenvalue weighted by atomic mass is 9.68. The third-order valence-corrected chi connectivity index (χ3v) is 14.5. The van der Waals surface area contributed by atoms with Crippen LogP contribution in [0, 0.1) is 70.6 Å². The molecule has 4 fully saturated rings. The second-order valence-electron chi connectivity index (χ2n) is 17.6. The third-order valence-electron chi connectivity index (χ3n) is 14.5. The van der Waals surface area contributed by atoms with Crippen molar-refractivity contribution in [1.29, 1.82) is 0 Å². The predicted octanol–water partition coefficient (Wildman–Crippen LogP) is 13.5. The van der Waals surface area contributed by atoms with Crippen LogP contribution in [0.1, 0.15) is 138 Å². The summed E-state index contributed by atoms with van der Waals surface area (Å²) in [4.78, 5) is 0. The van der Waals surface area contributed by atoms with Gasteiger partial charge in [-0.2, -0.15) is 0 Å². The van der Waals surface area contributed by atoms with E-state index in [-0.39, 0.29) is 37.2 Å². The maximum atomic E-state index is 15.0. The van der Waals surface area contributed by atoms with Gasteiger partial charge >= 0.3 is 0 Å². The number of hydrogen-bond donors (Lipinski definition) is 0. The van der Waals surface area contributed by atoms with Crippen molar-refractivity contribution in [1.82, 2.24) is 0 Å². The molecule has 1 nitrogen and oxygen atoms in total. The molecule has 4 aliphatic carbocycles. The first-order valence-corrected chi connectivity index (χ1v) is 21.6. The number of aryl methyl sites for hydroxylation is 2. The van der Waals surface area contributed by atoms with Gasteiger partial charge in [-0.1, -0.05) is 37.8 Å². The summed E-state index contributed by atoms with van der Waals surface area (Å²) in [6.45, 7) is 8.13. The zero-order valence-corrected chi connectivity index (χ0v) is 32.4. The molecule has 0 unspecified atom stereocenters. The monoisotopic (exact) mass is 735 g/mol. The van der Waals surface area contributed by atoms with Gasteiger partial charge in [-0.25, -0.2) is 17.6 Å². The number of halogens is 4. The number of rotatable bonds is 16. The lowest BCUT2D eigenvalue weighted by molar-refractivity contribution is 0.137.